The number of benzene rings is 1. The van der Waals surface area contributed by atoms with Gasteiger partial charge in [-0.3, -0.25) is 0 Å². The van der Waals surface area contributed by atoms with Crippen molar-refractivity contribution >= 4 is 17.4 Å². The van der Waals surface area contributed by atoms with E-state index in [1.165, 1.54) is 4.90 Å². The number of halogens is 2. The molecule has 4 nitrogen and oxygen atoms in total. The first kappa shape index (κ1) is 14.2. The van der Waals surface area contributed by atoms with Gasteiger partial charge in [-0.15, -0.1) is 0 Å². The number of carbonyl (C=O) groups is 1. The van der Waals surface area contributed by atoms with Gasteiger partial charge in [0.15, 0.2) is 11.6 Å². The topological polar surface area (TPSA) is 44.4 Å². The van der Waals surface area contributed by atoms with Crippen molar-refractivity contribution < 1.29 is 13.6 Å². The lowest BCUT2D eigenvalue weighted by molar-refractivity contribution is 0.252. The van der Waals surface area contributed by atoms with Gasteiger partial charge in [0, 0.05) is 26.3 Å². The van der Waals surface area contributed by atoms with Crippen molar-refractivity contribution in [1.29, 1.82) is 0 Å². The van der Waals surface area contributed by atoms with Crippen molar-refractivity contribution in [3.05, 3.63) is 23.8 Å². The fourth-order valence-corrected chi connectivity index (χ4v) is 1.48. The fourth-order valence-electron chi connectivity index (χ4n) is 1.48. The summed E-state index contributed by atoms with van der Waals surface area (Å²) in [6, 6.07) is 1.70. The number of rotatable bonds is 4. The average Bonchev–Trinajstić information content (AvgIpc) is 2.24. The van der Waals surface area contributed by atoms with Crippen LogP contribution >= 0.6 is 0 Å². The first-order valence-corrected chi connectivity index (χ1v) is 5.67. The predicted molar refractivity (Wildman–Crippen MR) is 68.0 cm³/mol. The minimum absolute atomic E-state index is 0.0872. The van der Waals surface area contributed by atoms with Crippen molar-refractivity contribution in [3.8, 4) is 0 Å². The predicted octanol–water partition coefficient (Wildman–Crippen LogP) is 2.56. The number of nitrogens with zero attached hydrogens (tertiary/aromatic N) is 1. The molecule has 2 amide bonds. The molecule has 0 radical (unpaired) electrons. The summed E-state index contributed by atoms with van der Waals surface area (Å²) in [6.45, 7) is 2.41. The van der Waals surface area contributed by atoms with E-state index >= 15 is 0 Å². The van der Waals surface area contributed by atoms with E-state index < -0.39 is 17.7 Å². The Kier molecular flexibility index (Phi) is 4.88. The van der Waals surface area contributed by atoms with Crippen molar-refractivity contribution in [2.24, 2.45) is 0 Å². The fraction of sp³-hybridized carbons (Fsp3) is 0.417. The van der Waals surface area contributed by atoms with Crippen LogP contribution in [0.1, 0.15) is 13.3 Å². The van der Waals surface area contributed by atoms with E-state index in [9.17, 15) is 13.6 Å². The van der Waals surface area contributed by atoms with Crippen LogP contribution in [0.5, 0.6) is 0 Å². The first-order chi connectivity index (χ1) is 8.45. The molecule has 0 saturated heterocycles. The minimum atomic E-state index is -0.717. The summed E-state index contributed by atoms with van der Waals surface area (Å²) < 4.78 is 27.2. The summed E-state index contributed by atoms with van der Waals surface area (Å²) >= 11 is 0. The quantitative estimate of drug-likeness (QED) is 0.870. The maximum Gasteiger partial charge on any atom is 0.319 e. The van der Waals surface area contributed by atoms with E-state index in [2.05, 4.69) is 10.6 Å². The highest BCUT2D eigenvalue weighted by Crippen LogP contribution is 2.25. The summed E-state index contributed by atoms with van der Waals surface area (Å²) in [5, 5.41) is 4.93. The van der Waals surface area contributed by atoms with E-state index in [0.29, 0.717) is 6.54 Å². The highest BCUT2D eigenvalue weighted by molar-refractivity contribution is 5.89. The number of anilines is 2. The first-order valence-electron chi connectivity index (χ1n) is 5.67. The maximum absolute atomic E-state index is 13.6. The molecule has 0 aromatic heterocycles. The van der Waals surface area contributed by atoms with Crippen molar-refractivity contribution in [1.82, 2.24) is 5.32 Å². The molecule has 0 aliphatic rings. The zero-order chi connectivity index (χ0) is 13.7. The van der Waals surface area contributed by atoms with Crippen molar-refractivity contribution in [2.45, 2.75) is 13.3 Å². The van der Waals surface area contributed by atoms with Gasteiger partial charge in [-0.2, -0.15) is 0 Å². The van der Waals surface area contributed by atoms with E-state index in [1.807, 2.05) is 6.92 Å². The molecule has 6 heteroatoms. The molecule has 2 N–H and O–H groups in total. The molecular formula is C12H17F2N3O. The summed E-state index contributed by atoms with van der Waals surface area (Å²) in [5.74, 6) is -1.43. The lowest BCUT2D eigenvalue weighted by atomic mass is 10.2. The normalized spacial score (nSPS) is 10.1. The highest BCUT2D eigenvalue weighted by atomic mass is 19.1. The van der Waals surface area contributed by atoms with Gasteiger partial charge in [0.05, 0.1) is 0 Å². The molecule has 1 aromatic rings. The van der Waals surface area contributed by atoms with Gasteiger partial charge in [0.1, 0.15) is 5.69 Å². The monoisotopic (exact) mass is 257 g/mol. The molecule has 0 aliphatic heterocycles. The Morgan fingerprint density at radius 3 is 2.28 bits per heavy atom. The summed E-state index contributed by atoms with van der Waals surface area (Å²) in [5.41, 5.74) is -0.0429. The van der Waals surface area contributed by atoms with Gasteiger partial charge in [-0.05, 0) is 18.6 Å². The Morgan fingerprint density at radius 2 is 1.83 bits per heavy atom. The Morgan fingerprint density at radius 1 is 1.28 bits per heavy atom. The Bertz CT molecular complexity index is 412. The van der Waals surface area contributed by atoms with Crippen LogP contribution in [0.15, 0.2) is 12.1 Å². The summed E-state index contributed by atoms with van der Waals surface area (Å²) in [6.07, 6.45) is 0.787. The van der Waals surface area contributed by atoms with E-state index in [4.69, 9.17) is 0 Å². The number of amides is 2. The molecule has 0 aliphatic carbocycles. The third kappa shape index (κ3) is 3.58. The molecular weight excluding hydrogens is 240 g/mol. The molecule has 0 fully saturated rings. The average molecular weight is 257 g/mol. The van der Waals surface area contributed by atoms with Gasteiger partial charge in [-0.1, -0.05) is 6.92 Å². The molecule has 0 heterocycles. The standard InChI is InChI=1S/C12H17F2N3O/c1-4-5-15-12(18)16-8-6-9(13)11(17(2)3)10(14)7-8/h6-7H,4-5H2,1-3H3,(H2,15,16,18). The number of carbonyl (C=O) groups excluding carboxylic acids is 1. The van der Waals surface area contributed by atoms with Gasteiger partial charge in [0.2, 0.25) is 0 Å². The van der Waals surface area contributed by atoms with Crippen LogP contribution in [0.25, 0.3) is 0 Å². The molecule has 100 valence electrons. The van der Waals surface area contributed by atoms with E-state index in [0.717, 1.165) is 18.6 Å². The van der Waals surface area contributed by atoms with Gasteiger partial charge >= 0.3 is 6.03 Å². The van der Waals surface area contributed by atoms with Crippen LogP contribution in [0.3, 0.4) is 0 Å². The van der Waals surface area contributed by atoms with Crippen molar-refractivity contribution in [2.75, 3.05) is 30.9 Å². The maximum atomic E-state index is 13.6. The Balaban J connectivity index is 2.83. The largest absolute Gasteiger partial charge is 0.373 e. The molecule has 18 heavy (non-hydrogen) atoms. The third-order valence-electron chi connectivity index (χ3n) is 2.26. The van der Waals surface area contributed by atoms with Crippen LogP contribution < -0.4 is 15.5 Å². The SMILES string of the molecule is CCCNC(=O)Nc1cc(F)c(N(C)C)c(F)c1. The second kappa shape index (κ2) is 6.18. The number of hydrogen-bond acceptors (Lipinski definition) is 2. The molecule has 1 aromatic carbocycles. The molecule has 0 unspecified atom stereocenters. The lowest BCUT2D eigenvalue weighted by Gasteiger charge is -2.16. The smallest absolute Gasteiger partial charge is 0.319 e. The zero-order valence-corrected chi connectivity index (χ0v) is 10.7. The second-order valence-electron chi connectivity index (χ2n) is 4.06. The highest BCUT2D eigenvalue weighted by Gasteiger charge is 2.13. The van der Waals surface area contributed by atoms with Gasteiger partial charge in [-0.25, -0.2) is 13.6 Å². The summed E-state index contributed by atoms with van der Waals surface area (Å²) in [7, 11) is 3.09. The minimum Gasteiger partial charge on any atom is -0.373 e. The Labute approximate surface area is 105 Å². The van der Waals surface area contributed by atoms with Crippen LogP contribution in [-0.2, 0) is 0 Å². The molecule has 0 atom stereocenters. The van der Waals surface area contributed by atoms with Crippen LogP contribution in [-0.4, -0.2) is 26.7 Å². The zero-order valence-electron chi connectivity index (χ0n) is 10.7. The second-order valence-corrected chi connectivity index (χ2v) is 4.06. The number of hydrogen-bond donors (Lipinski definition) is 2. The molecule has 0 saturated carbocycles. The summed E-state index contributed by atoms with van der Waals surface area (Å²) in [4.78, 5) is 12.7. The van der Waals surface area contributed by atoms with Gasteiger partial charge in [0.25, 0.3) is 0 Å². The molecule has 0 bridgehead atoms. The van der Waals surface area contributed by atoms with Gasteiger partial charge < -0.3 is 15.5 Å². The molecule has 0 spiro atoms. The van der Waals surface area contributed by atoms with Crippen molar-refractivity contribution in [3.63, 3.8) is 0 Å². The van der Waals surface area contributed by atoms with Crippen LogP contribution in [0.2, 0.25) is 0 Å². The number of nitrogens with one attached hydrogen (secondary N) is 2. The van der Waals surface area contributed by atoms with E-state index in [-0.39, 0.29) is 11.4 Å². The lowest BCUT2D eigenvalue weighted by Crippen LogP contribution is -2.29. The van der Waals surface area contributed by atoms with Crippen LogP contribution in [0.4, 0.5) is 25.0 Å². The third-order valence-corrected chi connectivity index (χ3v) is 2.26. The number of urea groups is 1. The Hall–Kier alpha value is -1.85. The molecule has 1 rings (SSSR count). The van der Waals surface area contributed by atoms with E-state index in [1.54, 1.807) is 14.1 Å². The van der Waals surface area contributed by atoms with Crippen LogP contribution in [0, 0.1) is 11.6 Å².